The Morgan fingerprint density at radius 2 is 2.10 bits per heavy atom. The summed E-state index contributed by atoms with van der Waals surface area (Å²) >= 11 is 6.05. The number of hydrogen-bond acceptors (Lipinski definition) is 3. The van der Waals surface area contributed by atoms with Crippen molar-refractivity contribution in [2.75, 3.05) is 0 Å². The number of benzene rings is 1. The fraction of sp³-hybridized carbons (Fsp3) is 0.0625. The van der Waals surface area contributed by atoms with Crippen LogP contribution in [-0.2, 0) is 0 Å². The number of aryl methyl sites for hydroxylation is 1. The maximum absolute atomic E-state index is 11.9. The molecule has 5 heteroatoms. The van der Waals surface area contributed by atoms with Crippen molar-refractivity contribution in [1.29, 1.82) is 5.26 Å². The van der Waals surface area contributed by atoms with Crippen molar-refractivity contribution in [2.24, 2.45) is 0 Å². The molecule has 0 fully saturated rings. The maximum atomic E-state index is 11.9. The van der Waals surface area contributed by atoms with Crippen LogP contribution >= 0.6 is 11.6 Å². The van der Waals surface area contributed by atoms with E-state index in [1.165, 1.54) is 0 Å². The van der Waals surface area contributed by atoms with Gasteiger partial charge in [0.15, 0.2) is 0 Å². The van der Waals surface area contributed by atoms with Crippen molar-refractivity contribution in [2.45, 2.75) is 6.92 Å². The predicted molar refractivity (Wildman–Crippen MR) is 82.3 cm³/mol. The molecule has 0 saturated carbocycles. The lowest BCUT2D eigenvalue weighted by atomic mass is 9.99. The molecule has 3 aromatic rings. The van der Waals surface area contributed by atoms with Gasteiger partial charge in [0.25, 0.3) is 5.56 Å². The molecule has 2 heterocycles. The van der Waals surface area contributed by atoms with Gasteiger partial charge in [-0.1, -0.05) is 23.7 Å². The number of aromatic amines is 1. The summed E-state index contributed by atoms with van der Waals surface area (Å²) in [4.78, 5) is 18.5. The van der Waals surface area contributed by atoms with Crippen LogP contribution in [-0.4, -0.2) is 9.97 Å². The zero-order chi connectivity index (χ0) is 15.0. The average Bonchev–Trinajstić information content (AvgIpc) is 2.46. The van der Waals surface area contributed by atoms with E-state index in [4.69, 9.17) is 11.6 Å². The molecule has 3 rings (SSSR count). The van der Waals surface area contributed by atoms with Gasteiger partial charge in [0, 0.05) is 22.8 Å². The molecule has 0 aliphatic heterocycles. The van der Waals surface area contributed by atoms with Crippen LogP contribution in [0.15, 0.2) is 41.3 Å². The number of hydrogen-bond donors (Lipinski definition) is 1. The van der Waals surface area contributed by atoms with Crippen LogP contribution in [0.3, 0.4) is 0 Å². The Kier molecular flexibility index (Phi) is 3.20. The highest BCUT2D eigenvalue weighted by molar-refractivity contribution is 6.34. The van der Waals surface area contributed by atoms with Gasteiger partial charge in [0.1, 0.15) is 16.8 Å². The molecule has 0 aliphatic rings. The van der Waals surface area contributed by atoms with Crippen molar-refractivity contribution in [3.8, 4) is 17.2 Å². The summed E-state index contributed by atoms with van der Waals surface area (Å²) < 4.78 is 0. The lowest BCUT2D eigenvalue weighted by Crippen LogP contribution is -2.12. The van der Waals surface area contributed by atoms with Gasteiger partial charge in [-0.25, -0.2) is 4.98 Å². The summed E-state index contributed by atoms with van der Waals surface area (Å²) in [6, 6.07) is 11.2. The summed E-state index contributed by atoms with van der Waals surface area (Å²) in [6.07, 6.45) is 1.63. The Balaban J connectivity index is 2.31. The van der Waals surface area contributed by atoms with Gasteiger partial charge < -0.3 is 4.98 Å². The van der Waals surface area contributed by atoms with Crippen LogP contribution in [0, 0.1) is 18.3 Å². The first kappa shape index (κ1) is 13.3. The number of nitriles is 1. The Bertz CT molecular complexity index is 954. The number of nitrogens with one attached hydrogen (secondary N) is 1. The molecule has 102 valence electrons. The van der Waals surface area contributed by atoms with Gasteiger partial charge >= 0.3 is 0 Å². The van der Waals surface area contributed by atoms with Crippen LogP contribution < -0.4 is 5.56 Å². The van der Waals surface area contributed by atoms with E-state index in [9.17, 15) is 10.1 Å². The SMILES string of the molecule is Cc1cc(-c2ccc3c(Cl)nccc3c2)c(C#N)c(=O)[nH]1. The smallest absolute Gasteiger partial charge is 0.266 e. The normalized spacial score (nSPS) is 10.5. The summed E-state index contributed by atoms with van der Waals surface area (Å²) in [7, 11) is 0. The third-order valence-electron chi connectivity index (χ3n) is 3.31. The second-order valence-electron chi connectivity index (χ2n) is 4.72. The number of H-pyrrole nitrogens is 1. The van der Waals surface area contributed by atoms with Gasteiger partial charge in [0.05, 0.1) is 0 Å². The molecular weight excluding hydrogens is 286 g/mol. The Morgan fingerprint density at radius 1 is 1.29 bits per heavy atom. The number of halogens is 1. The van der Waals surface area contributed by atoms with Crippen molar-refractivity contribution >= 4 is 22.4 Å². The van der Waals surface area contributed by atoms with Gasteiger partial charge in [-0.3, -0.25) is 4.79 Å². The van der Waals surface area contributed by atoms with Crippen molar-refractivity contribution < 1.29 is 0 Å². The molecular formula is C16H10ClN3O. The lowest BCUT2D eigenvalue weighted by molar-refractivity contribution is 1.13. The molecule has 0 amide bonds. The van der Waals surface area contributed by atoms with E-state index in [1.54, 1.807) is 19.2 Å². The van der Waals surface area contributed by atoms with Gasteiger partial charge in [-0.15, -0.1) is 0 Å². The second-order valence-corrected chi connectivity index (χ2v) is 5.08. The minimum absolute atomic E-state index is 0.111. The first-order valence-electron chi connectivity index (χ1n) is 6.29. The molecule has 2 aromatic heterocycles. The zero-order valence-electron chi connectivity index (χ0n) is 11.1. The summed E-state index contributed by atoms with van der Waals surface area (Å²) in [5.74, 6) is 0. The van der Waals surface area contributed by atoms with Crippen LogP contribution in [0.1, 0.15) is 11.3 Å². The number of aromatic nitrogens is 2. The number of pyridine rings is 2. The van der Waals surface area contributed by atoms with E-state index in [1.807, 2.05) is 30.3 Å². The number of fused-ring (bicyclic) bond motifs is 1. The van der Waals surface area contributed by atoms with Crippen molar-refractivity contribution in [1.82, 2.24) is 9.97 Å². The van der Waals surface area contributed by atoms with E-state index >= 15 is 0 Å². The Hall–Kier alpha value is -2.64. The fourth-order valence-electron chi connectivity index (χ4n) is 2.34. The standard InChI is InChI=1S/C16H10ClN3O/c1-9-6-13(14(8-18)16(21)20-9)10-2-3-12-11(7-10)4-5-19-15(12)17/h2-7H,1H3,(H,20,21). The molecule has 0 bridgehead atoms. The summed E-state index contributed by atoms with van der Waals surface area (Å²) in [5, 5.41) is 11.4. The topological polar surface area (TPSA) is 69.5 Å². The molecule has 0 saturated heterocycles. The monoisotopic (exact) mass is 295 g/mol. The first-order valence-corrected chi connectivity index (χ1v) is 6.66. The highest BCUT2D eigenvalue weighted by Crippen LogP contribution is 2.28. The van der Waals surface area contributed by atoms with Crippen LogP contribution in [0.4, 0.5) is 0 Å². The third-order valence-corrected chi connectivity index (χ3v) is 3.61. The Morgan fingerprint density at radius 3 is 2.86 bits per heavy atom. The quantitative estimate of drug-likeness (QED) is 0.699. The Labute approximate surface area is 125 Å². The highest BCUT2D eigenvalue weighted by atomic mass is 35.5. The molecule has 4 nitrogen and oxygen atoms in total. The summed E-state index contributed by atoms with van der Waals surface area (Å²) in [6.45, 7) is 1.79. The molecule has 21 heavy (non-hydrogen) atoms. The largest absolute Gasteiger partial charge is 0.325 e. The van der Waals surface area contributed by atoms with E-state index in [0.717, 1.165) is 16.3 Å². The van der Waals surface area contributed by atoms with Crippen molar-refractivity contribution in [3.63, 3.8) is 0 Å². The highest BCUT2D eigenvalue weighted by Gasteiger charge is 2.11. The minimum Gasteiger partial charge on any atom is -0.325 e. The minimum atomic E-state index is -0.375. The molecule has 0 spiro atoms. The zero-order valence-corrected chi connectivity index (χ0v) is 11.9. The number of rotatable bonds is 1. The molecule has 1 aromatic carbocycles. The van der Waals surface area contributed by atoms with Crippen LogP contribution in [0.5, 0.6) is 0 Å². The second kappa shape index (κ2) is 5.04. The molecule has 0 aliphatic carbocycles. The molecule has 0 unspecified atom stereocenters. The van der Waals surface area contributed by atoms with Crippen LogP contribution in [0.25, 0.3) is 21.9 Å². The van der Waals surface area contributed by atoms with Gasteiger partial charge in [0.2, 0.25) is 0 Å². The molecule has 0 atom stereocenters. The molecule has 1 N–H and O–H groups in total. The molecule has 0 radical (unpaired) electrons. The van der Waals surface area contributed by atoms with Gasteiger partial charge in [-0.2, -0.15) is 5.26 Å². The van der Waals surface area contributed by atoms with E-state index in [0.29, 0.717) is 16.4 Å². The fourth-order valence-corrected chi connectivity index (χ4v) is 2.56. The van der Waals surface area contributed by atoms with Crippen molar-refractivity contribution in [3.05, 3.63) is 63.3 Å². The van der Waals surface area contributed by atoms with Crippen LogP contribution in [0.2, 0.25) is 5.15 Å². The average molecular weight is 296 g/mol. The third kappa shape index (κ3) is 2.28. The summed E-state index contributed by atoms with van der Waals surface area (Å²) in [5.41, 5.74) is 1.87. The van der Waals surface area contributed by atoms with Gasteiger partial charge in [-0.05, 0) is 36.1 Å². The maximum Gasteiger partial charge on any atom is 0.266 e. The first-order chi connectivity index (χ1) is 10.1. The van der Waals surface area contributed by atoms with E-state index in [-0.39, 0.29) is 11.1 Å². The number of nitrogens with zero attached hydrogens (tertiary/aromatic N) is 2. The van der Waals surface area contributed by atoms with E-state index < -0.39 is 0 Å². The lowest BCUT2D eigenvalue weighted by Gasteiger charge is -2.07. The predicted octanol–water partition coefficient (Wildman–Crippen LogP) is 3.42. The van der Waals surface area contributed by atoms with E-state index in [2.05, 4.69) is 9.97 Å².